The van der Waals surface area contributed by atoms with E-state index in [-0.39, 0.29) is 0 Å². The normalized spacial score (nSPS) is 15.6. The molecule has 3 rings (SSSR count). The van der Waals surface area contributed by atoms with E-state index in [1.165, 1.54) is 50.8 Å². The van der Waals surface area contributed by atoms with E-state index in [1.54, 1.807) is 11.1 Å². The first-order valence-electron chi connectivity index (χ1n) is 9.58. The lowest BCUT2D eigenvalue weighted by Crippen LogP contribution is -2.22. The number of rotatable bonds is 8. The van der Waals surface area contributed by atoms with Gasteiger partial charge in [-0.15, -0.1) is 0 Å². The van der Waals surface area contributed by atoms with Crippen molar-refractivity contribution in [3.05, 3.63) is 71.3 Å². The molecule has 0 spiro atoms. The van der Waals surface area contributed by atoms with Crippen molar-refractivity contribution in [2.24, 2.45) is 5.92 Å². The Balaban J connectivity index is 1.68. The van der Waals surface area contributed by atoms with Crippen LogP contribution in [-0.2, 0) is 12.8 Å². The summed E-state index contributed by atoms with van der Waals surface area (Å²) in [7, 11) is 2.26. The molecule has 128 valence electrons. The van der Waals surface area contributed by atoms with Gasteiger partial charge in [-0.1, -0.05) is 61.5 Å². The van der Waals surface area contributed by atoms with Gasteiger partial charge in [-0.05, 0) is 80.8 Å². The highest BCUT2D eigenvalue weighted by Crippen LogP contribution is 2.39. The predicted octanol–water partition coefficient (Wildman–Crippen LogP) is 5.31. The second kappa shape index (κ2) is 8.48. The number of hydrogen-bond acceptors (Lipinski definition) is 1. The molecule has 0 radical (unpaired) electrons. The van der Waals surface area contributed by atoms with Crippen LogP contribution in [0.1, 0.15) is 48.8 Å². The molecule has 2 aromatic carbocycles. The summed E-state index contributed by atoms with van der Waals surface area (Å²) >= 11 is 0. The molecule has 0 heterocycles. The van der Waals surface area contributed by atoms with Crippen molar-refractivity contribution in [3.8, 4) is 0 Å². The molecular formula is C23H31N. The summed E-state index contributed by atoms with van der Waals surface area (Å²) in [6.45, 7) is 4.70. The number of fused-ring (bicyclic) bond motifs is 1. The van der Waals surface area contributed by atoms with E-state index in [0.29, 0.717) is 5.92 Å². The van der Waals surface area contributed by atoms with Crippen molar-refractivity contribution in [2.45, 2.75) is 44.9 Å². The zero-order valence-corrected chi connectivity index (χ0v) is 15.2. The fraction of sp³-hybridized carbons (Fsp3) is 0.478. The molecule has 0 saturated carbocycles. The van der Waals surface area contributed by atoms with Crippen LogP contribution in [0.15, 0.2) is 54.6 Å². The molecule has 1 heteroatoms. The maximum atomic E-state index is 2.48. The predicted molar refractivity (Wildman–Crippen MR) is 104 cm³/mol. The highest BCUT2D eigenvalue weighted by atomic mass is 15.1. The smallest absolute Gasteiger partial charge is 0.00216 e. The summed E-state index contributed by atoms with van der Waals surface area (Å²) in [6, 6.07) is 20.3. The third-order valence-electron chi connectivity index (χ3n) is 5.54. The van der Waals surface area contributed by atoms with Crippen molar-refractivity contribution in [2.75, 3.05) is 20.1 Å². The maximum absolute atomic E-state index is 2.48. The van der Waals surface area contributed by atoms with Crippen LogP contribution in [0.5, 0.6) is 0 Å². The number of nitrogens with zero attached hydrogens (tertiary/aromatic N) is 1. The largest absolute Gasteiger partial charge is 0.306 e. The molecule has 24 heavy (non-hydrogen) atoms. The lowest BCUT2D eigenvalue weighted by Gasteiger charge is -2.25. The Hall–Kier alpha value is -1.60. The average Bonchev–Trinajstić information content (AvgIpc) is 3.03. The first-order chi connectivity index (χ1) is 11.8. The Morgan fingerprint density at radius 1 is 0.917 bits per heavy atom. The molecule has 0 bridgehead atoms. The van der Waals surface area contributed by atoms with Crippen LogP contribution >= 0.6 is 0 Å². The second-order valence-electron chi connectivity index (χ2n) is 7.40. The minimum absolute atomic E-state index is 0.689. The highest BCUT2D eigenvalue weighted by molar-refractivity contribution is 5.34. The second-order valence-corrected chi connectivity index (χ2v) is 7.40. The molecule has 0 saturated heterocycles. The Bertz CT molecular complexity index is 594. The van der Waals surface area contributed by atoms with E-state index in [4.69, 9.17) is 0 Å². The first kappa shape index (κ1) is 17.2. The summed E-state index contributed by atoms with van der Waals surface area (Å²) in [6.07, 6.45) is 6.34. The summed E-state index contributed by atoms with van der Waals surface area (Å²) in [5, 5.41) is 0. The van der Waals surface area contributed by atoms with Crippen LogP contribution in [-0.4, -0.2) is 25.0 Å². The van der Waals surface area contributed by atoms with Crippen LogP contribution in [0, 0.1) is 5.92 Å². The molecule has 1 aliphatic rings. The molecule has 1 unspecified atom stereocenters. The minimum atomic E-state index is 0.689. The van der Waals surface area contributed by atoms with Crippen molar-refractivity contribution in [3.63, 3.8) is 0 Å². The average molecular weight is 322 g/mol. The molecule has 0 fully saturated rings. The zero-order valence-electron chi connectivity index (χ0n) is 15.2. The van der Waals surface area contributed by atoms with Gasteiger partial charge in [0.1, 0.15) is 0 Å². The lowest BCUT2D eigenvalue weighted by atomic mass is 9.81. The van der Waals surface area contributed by atoms with Crippen molar-refractivity contribution in [1.29, 1.82) is 0 Å². The van der Waals surface area contributed by atoms with Crippen molar-refractivity contribution < 1.29 is 0 Å². The molecule has 1 atom stereocenters. The third kappa shape index (κ3) is 4.27. The maximum Gasteiger partial charge on any atom is -0.00216 e. The van der Waals surface area contributed by atoms with Gasteiger partial charge in [-0.25, -0.2) is 0 Å². The summed E-state index contributed by atoms with van der Waals surface area (Å²) in [4.78, 5) is 2.48. The van der Waals surface area contributed by atoms with Crippen LogP contribution in [0.3, 0.4) is 0 Å². The van der Waals surface area contributed by atoms with E-state index in [0.717, 1.165) is 5.92 Å². The minimum Gasteiger partial charge on any atom is -0.306 e. The van der Waals surface area contributed by atoms with Gasteiger partial charge in [-0.2, -0.15) is 0 Å². The Morgan fingerprint density at radius 3 is 2.17 bits per heavy atom. The molecule has 0 aliphatic heterocycles. The Morgan fingerprint density at radius 2 is 1.54 bits per heavy atom. The highest BCUT2D eigenvalue weighted by Gasteiger charge is 2.29. The van der Waals surface area contributed by atoms with Crippen LogP contribution in [0.25, 0.3) is 0 Å². The van der Waals surface area contributed by atoms with Gasteiger partial charge in [0.05, 0.1) is 0 Å². The Kier molecular flexibility index (Phi) is 6.09. The van der Waals surface area contributed by atoms with Crippen molar-refractivity contribution in [1.82, 2.24) is 4.90 Å². The van der Waals surface area contributed by atoms with E-state index >= 15 is 0 Å². The molecule has 1 nitrogen and oxygen atoms in total. The van der Waals surface area contributed by atoms with Gasteiger partial charge in [0, 0.05) is 0 Å². The van der Waals surface area contributed by atoms with Crippen LogP contribution < -0.4 is 0 Å². The van der Waals surface area contributed by atoms with Crippen LogP contribution in [0.4, 0.5) is 0 Å². The van der Waals surface area contributed by atoms with E-state index < -0.39 is 0 Å². The van der Waals surface area contributed by atoms with Gasteiger partial charge < -0.3 is 4.90 Å². The number of benzene rings is 2. The third-order valence-corrected chi connectivity index (χ3v) is 5.54. The van der Waals surface area contributed by atoms with Crippen LogP contribution in [0.2, 0.25) is 0 Å². The standard InChI is InChI=1S/C23H31N/c1-3-15-24(2)16-9-14-23(19-10-5-4-6-11-19)22-17-20-12-7-8-13-21(20)18-22/h4-8,10-13,22-23H,3,9,14-18H2,1-2H3. The van der Waals surface area contributed by atoms with Gasteiger partial charge in [0.2, 0.25) is 0 Å². The van der Waals surface area contributed by atoms with Gasteiger partial charge >= 0.3 is 0 Å². The van der Waals surface area contributed by atoms with E-state index in [1.807, 2.05) is 0 Å². The summed E-state index contributed by atoms with van der Waals surface area (Å²) in [5.74, 6) is 1.45. The molecular weight excluding hydrogens is 290 g/mol. The zero-order chi connectivity index (χ0) is 16.8. The first-order valence-corrected chi connectivity index (χ1v) is 9.58. The molecule has 0 amide bonds. The molecule has 0 N–H and O–H groups in total. The lowest BCUT2D eigenvalue weighted by molar-refractivity contribution is 0.309. The molecule has 2 aromatic rings. The topological polar surface area (TPSA) is 3.24 Å². The summed E-state index contributed by atoms with van der Waals surface area (Å²) < 4.78 is 0. The fourth-order valence-electron chi connectivity index (χ4n) is 4.33. The van der Waals surface area contributed by atoms with Gasteiger partial charge in [-0.3, -0.25) is 0 Å². The van der Waals surface area contributed by atoms with Gasteiger partial charge in [0.15, 0.2) is 0 Å². The Labute approximate surface area is 147 Å². The fourth-order valence-corrected chi connectivity index (χ4v) is 4.33. The van der Waals surface area contributed by atoms with Gasteiger partial charge in [0.25, 0.3) is 0 Å². The van der Waals surface area contributed by atoms with Crippen molar-refractivity contribution >= 4 is 0 Å². The molecule has 1 aliphatic carbocycles. The van der Waals surface area contributed by atoms with E-state index in [2.05, 4.69) is 73.5 Å². The quantitative estimate of drug-likeness (QED) is 0.637. The molecule has 0 aromatic heterocycles. The SMILES string of the molecule is CCCN(C)CCCC(c1ccccc1)C1Cc2ccccc2C1. The number of hydrogen-bond donors (Lipinski definition) is 0. The monoisotopic (exact) mass is 321 g/mol. The summed E-state index contributed by atoms with van der Waals surface area (Å²) in [5.41, 5.74) is 4.69. The van der Waals surface area contributed by atoms with E-state index in [9.17, 15) is 0 Å².